The van der Waals surface area contributed by atoms with Crippen LogP contribution in [0.2, 0.25) is 0 Å². The Bertz CT molecular complexity index is 1040. The number of hydrogen-bond donors (Lipinski definition) is 1. The third-order valence-electron chi connectivity index (χ3n) is 5.64. The van der Waals surface area contributed by atoms with Crippen LogP contribution >= 0.6 is 0 Å². The summed E-state index contributed by atoms with van der Waals surface area (Å²) in [6.45, 7) is 3.42. The van der Waals surface area contributed by atoms with Crippen molar-refractivity contribution < 1.29 is 4.39 Å². The van der Waals surface area contributed by atoms with Crippen molar-refractivity contribution in [3.63, 3.8) is 0 Å². The minimum absolute atomic E-state index is 0.235. The van der Waals surface area contributed by atoms with Gasteiger partial charge in [0.1, 0.15) is 5.82 Å². The average molecular weight is 390 g/mol. The van der Waals surface area contributed by atoms with E-state index in [0.717, 1.165) is 79.5 Å². The monoisotopic (exact) mass is 390 g/mol. The number of aromatic nitrogens is 4. The standard InChI is InChI=1S/C22H23FN6/c23-18-6-4-15(5-7-18)21-17(12-26-28-21)14-29-10-8-19-16(13-29)11-25-22(27-19)20-3-1-2-9-24-20/h4-7,11-12H,1-3,8-10,13-14H2,(H,26,28). The number of nitrogens with one attached hydrogen (secondary N) is 1. The van der Waals surface area contributed by atoms with E-state index in [1.165, 1.54) is 24.1 Å². The van der Waals surface area contributed by atoms with Gasteiger partial charge < -0.3 is 0 Å². The molecule has 0 fully saturated rings. The Balaban J connectivity index is 1.31. The van der Waals surface area contributed by atoms with Crippen LogP contribution in [0.25, 0.3) is 11.3 Å². The minimum Gasteiger partial charge on any atom is -0.294 e. The van der Waals surface area contributed by atoms with E-state index in [1.54, 1.807) is 12.1 Å². The normalized spacial score (nSPS) is 17.1. The molecular weight excluding hydrogens is 367 g/mol. The summed E-state index contributed by atoms with van der Waals surface area (Å²) in [5.74, 6) is 0.575. The van der Waals surface area contributed by atoms with Crippen LogP contribution in [0, 0.1) is 5.82 Å². The van der Waals surface area contributed by atoms with E-state index in [2.05, 4.69) is 25.1 Å². The van der Waals surface area contributed by atoms with Crippen molar-refractivity contribution in [2.24, 2.45) is 4.99 Å². The van der Waals surface area contributed by atoms with Crippen LogP contribution in [0.15, 0.2) is 41.7 Å². The fraction of sp³-hybridized carbons (Fsp3) is 0.364. The third-order valence-corrected chi connectivity index (χ3v) is 5.64. The van der Waals surface area contributed by atoms with Crippen molar-refractivity contribution in [1.82, 2.24) is 25.1 Å². The summed E-state index contributed by atoms with van der Waals surface area (Å²) in [5.41, 5.74) is 6.38. The average Bonchev–Trinajstić information content (AvgIpc) is 3.22. The van der Waals surface area contributed by atoms with E-state index in [-0.39, 0.29) is 5.82 Å². The molecule has 2 aliphatic rings. The number of halogens is 1. The fourth-order valence-electron chi connectivity index (χ4n) is 4.07. The van der Waals surface area contributed by atoms with E-state index in [0.29, 0.717) is 0 Å². The molecule has 4 heterocycles. The van der Waals surface area contributed by atoms with Crippen LogP contribution in [0.5, 0.6) is 0 Å². The summed E-state index contributed by atoms with van der Waals surface area (Å²) in [6, 6.07) is 6.51. The van der Waals surface area contributed by atoms with E-state index < -0.39 is 0 Å². The zero-order valence-electron chi connectivity index (χ0n) is 16.2. The predicted molar refractivity (Wildman–Crippen MR) is 109 cm³/mol. The summed E-state index contributed by atoms with van der Waals surface area (Å²) >= 11 is 0. The molecule has 0 amide bonds. The van der Waals surface area contributed by atoms with Crippen LogP contribution in [-0.4, -0.2) is 43.9 Å². The van der Waals surface area contributed by atoms with E-state index in [9.17, 15) is 4.39 Å². The Labute approximate surface area is 168 Å². The van der Waals surface area contributed by atoms with Crippen molar-refractivity contribution in [3.8, 4) is 11.3 Å². The molecule has 148 valence electrons. The Hall–Kier alpha value is -2.93. The molecule has 7 heteroatoms. The van der Waals surface area contributed by atoms with Gasteiger partial charge in [-0.05, 0) is 43.5 Å². The summed E-state index contributed by atoms with van der Waals surface area (Å²) in [5, 5.41) is 7.27. The van der Waals surface area contributed by atoms with Crippen LogP contribution < -0.4 is 0 Å². The van der Waals surface area contributed by atoms with Crippen LogP contribution in [0.3, 0.4) is 0 Å². The van der Waals surface area contributed by atoms with Crippen LogP contribution in [0.1, 0.15) is 41.9 Å². The highest BCUT2D eigenvalue weighted by Crippen LogP contribution is 2.25. The number of nitrogens with zero attached hydrogens (tertiary/aromatic N) is 5. The maximum atomic E-state index is 13.2. The summed E-state index contributed by atoms with van der Waals surface area (Å²) in [7, 11) is 0. The SMILES string of the molecule is Fc1ccc(-c2[nH]ncc2CN2CCc3nc(C4=NCCCC4)ncc3C2)cc1. The third kappa shape index (κ3) is 3.82. The number of benzene rings is 1. The second kappa shape index (κ2) is 7.83. The lowest BCUT2D eigenvalue weighted by Crippen LogP contribution is -2.31. The number of hydrogen-bond acceptors (Lipinski definition) is 5. The molecular formula is C22H23FN6. The van der Waals surface area contributed by atoms with Crippen molar-refractivity contribution in [1.29, 1.82) is 0 Å². The topological polar surface area (TPSA) is 70.1 Å². The molecule has 0 radical (unpaired) electrons. The Kier molecular flexibility index (Phi) is 4.89. The highest BCUT2D eigenvalue weighted by Gasteiger charge is 2.21. The maximum absolute atomic E-state index is 13.2. The summed E-state index contributed by atoms with van der Waals surface area (Å²) in [4.78, 5) is 16.4. The first-order valence-corrected chi connectivity index (χ1v) is 10.2. The lowest BCUT2D eigenvalue weighted by Gasteiger charge is -2.28. The van der Waals surface area contributed by atoms with Gasteiger partial charge in [0.05, 0.1) is 23.3 Å². The second-order valence-corrected chi connectivity index (χ2v) is 7.69. The van der Waals surface area contributed by atoms with Crippen molar-refractivity contribution in [3.05, 3.63) is 65.1 Å². The molecule has 0 atom stereocenters. The summed E-state index contributed by atoms with van der Waals surface area (Å²) in [6.07, 6.45) is 8.05. The first-order valence-electron chi connectivity index (χ1n) is 10.2. The summed E-state index contributed by atoms with van der Waals surface area (Å²) < 4.78 is 13.2. The minimum atomic E-state index is -0.235. The van der Waals surface area contributed by atoms with Gasteiger partial charge in [0.15, 0.2) is 5.82 Å². The molecule has 1 aromatic carbocycles. The van der Waals surface area contributed by atoms with Crippen molar-refractivity contribution >= 4 is 5.71 Å². The highest BCUT2D eigenvalue weighted by atomic mass is 19.1. The molecule has 0 saturated heterocycles. The Morgan fingerprint density at radius 3 is 2.79 bits per heavy atom. The molecule has 1 N–H and O–H groups in total. The Morgan fingerprint density at radius 2 is 1.97 bits per heavy atom. The molecule has 2 aliphatic heterocycles. The van der Waals surface area contributed by atoms with Crippen molar-refractivity contribution in [2.75, 3.05) is 13.1 Å². The first kappa shape index (κ1) is 18.1. The molecule has 3 aromatic rings. The maximum Gasteiger partial charge on any atom is 0.173 e. The van der Waals surface area contributed by atoms with Gasteiger partial charge in [-0.3, -0.25) is 15.0 Å². The predicted octanol–water partition coefficient (Wildman–Crippen LogP) is 3.54. The zero-order chi connectivity index (χ0) is 19.6. The van der Waals surface area contributed by atoms with E-state index >= 15 is 0 Å². The van der Waals surface area contributed by atoms with Crippen LogP contribution in [-0.2, 0) is 19.5 Å². The number of rotatable bonds is 4. The van der Waals surface area contributed by atoms with Gasteiger partial charge in [-0.25, -0.2) is 14.4 Å². The van der Waals surface area contributed by atoms with Gasteiger partial charge in [0.25, 0.3) is 0 Å². The molecule has 0 bridgehead atoms. The largest absolute Gasteiger partial charge is 0.294 e. The first-order chi connectivity index (χ1) is 14.3. The number of aromatic amines is 1. The number of H-pyrrole nitrogens is 1. The fourth-order valence-corrected chi connectivity index (χ4v) is 4.07. The molecule has 5 rings (SSSR count). The lowest BCUT2D eigenvalue weighted by atomic mass is 10.0. The van der Waals surface area contributed by atoms with Gasteiger partial charge >= 0.3 is 0 Å². The molecule has 6 nitrogen and oxygen atoms in total. The highest BCUT2D eigenvalue weighted by molar-refractivity contribution is 5.97. The van der Waals surface area contributed by atoms with Crippen LogP contribution in [0.4, 0.5) is 4.39 Å². The number of aliphatic imine (C=N–C) groups is 1. The molecule has 0 spiro atoms. The van der Waals surface area contributed by atoms with Gasteiger partial charge in [-0.1, -0.05) is 0 Å². The van der Waals surface area contributed by atoms with E-state index in [1.807, 2.05) is 12.4 Å². The van der Waals surface area contributed by atoms with Crippen molar-refractivity contribution in [2.45, 2.75) is 38.8 Å². The van der Waals surface area contributed by atoms with E-state index in [4.69, 9.17) is 4.98 Å². The lowest BCUT2D eigenvalue weighted by molar-refractivity contribution is 0.243. The molecule has 0 saturated carbocycles. The van der Waals surface area contributed by atoms with Gasteiger partial charge in [0.2, 0.25) is 0 Å². The molecule has 0 unspecified atom stereocenters. The quantitative estimate of drug-likeness (QED) is 0.740. The number of fused-ring (bicyclic) bond motifs is 1. The Morgan fingerprint density at radius 1 is 1.07 bits per heavy atom. The van der Waals surface area contributed by atoms with Gasteiger partial charge in [-0.2, -0.15) is 5.10 Å². The zero-order valence-corrected chi connectivity index (χ0v) is 16.2. The molecule has 29 heavy (non-hydrogen) atoms. The smallest absolute Gasteiger partial charge is 0.173 e. The molecule has 0 aliphatic carbocycles. The molecule has 2 aromatic heterocycles. The van der Waals surface area contributed by atoms with Gasteiger partial charge in [-0.15, -0.1) is 0 Å². The van der Waals surface area contributed by atoms with Gasteiger partial charge in [0, 0.05) is 55.5 Å². The second-order valence-electron chi connectivity index (χ2n) is 7.69.